The van der Waals surface area contributed by atoms with E-state index in [2.05, 4.69) is 5.32 Å². The lowest BCUT2D eigenvalue weighted by atomic mass is 9.99. The molecule has 0 aliphatic carbocycles. The molecule has 1 aromatic heterocycles. The Morgan fingerprint density at radius 2 is 1.68 bits per heavy atom. The van der Waals surface area contributed by atoms with Crippen molar-refractivity contribution in [3.05, 3.63) is 101 Å². The van der Waals surface area contributed by atoms with Crippen molar-refractivity contribution in [2.75, 3.05) is 20.8 Å². The Kier molecular flexibility index (Phi) is 10.0. The van der Waals surface area contributed by atoms with E-state index in [1.165, 1.54) is 12.1 Å². The zero-order valence-electron chi connectivity index (χ0n) is 25.8. The summed E-state index contributed by atoms with van der Waals surface area (Å²) in [5.74, 6) is 0.880. The molecule has 0 bridgehead atoms. The number of esters is 1. The number of methoxy groups -OCH3 is 1. The standard InChI is InChI=1S/C34H38F3N3O4/c1-7-43-32(41)33(3,4)44-31-17-12-25(18-22(31)2)29(38-5)19-27-20-30(24-10-13-26(14-11-24)34(35,36)37)39-40(27)21-23-8-15-28(42-6)16-9-23/h8-18,20,29,38H,7,19,21H2,1-6H3. The third-order valence-electron chi connectivity index (χ3n) is 7.36. The smallest absolute Gasteiger partial charge is 0.416 e. The fourth-order valence-corrected chi connectivity index (χ4v) is 4.85. The highest BCUT2D eigenvalue weighted by molar-refractivity contribution is 5.79. The van der Waals surface area contributed by atoms with Gasteiger partial charge in [0.1, 0.15) is 11.5 Å². The molecular weight excluding hydrogens is 571 g/mol. The Bertz CT molecular complexity index is 1560. The minimum Gasteiger partial charge on any atom is -0.497 e. The van der Waals surface area contributed by atoms with Crippen LogP contribution in [0.3, 0.4) is 0 Å². The highest BCUT2D eigenvalue weighted by Gasteiger charge is 2.32. The monoisotopic (exact) mass is 609 g/mol. The van der Waals surface area contributed by atoms with E-state index in [-0.39, 0.29) is 12.6 Å². The van der Waals surface area contributed by atoms with Gasteiger partial charge in [0, 0.05) is 23.7 Å². The van der Waals surface area contributed by atoms with E-state index in [1.807, 2.05) is 67.2 Å². The van der Waals surface area contributed by atoms with E-state index in [9.17, 15) is 18.0 Å². The lowest BCUT2D eigenvalue weighted by Crippen LogP contribution is -2.39. The lowest BCUT2D eigenvalue weighted by Gasteiger charge is -2.26. The van der Waals surface area contributed by atoms with Gasteiger partial charge in [0.25, 0.3) is 0 Å². The second-order valence-corrected chi connectivity index (χ2v) is 11.0. The van der Waals surface area contributed by atoms with Crippen LogP contribution in [-0.2, 0) is 28.7 Å². The number of nitrogens with zero attached hydrogens (tertiary/aromatic N) is 2. The van der Waals surface area contributed by atoms with Crippen LogP contribution in [0.2, 0.25) is 0 Å². The maximum absolute atomic E-state index is 13.2. The van der Waals surface area contributed by atoms with Gasteiger partial charge in [-0.25, -0.2) is 4.79 Å². The molecule has 0 saturated heterocycles. The average molecular weight is 610 g/mol. The molecule has 4 aromatic rings. The first-order chi connectivity index (χ1) is 20.8. The third kappa shape index (κ3) is 7.79. The molecule has 0 fully saturated rings. The van der Waals surface area contributed by atoms with Gasteiger partial charge < -0.3 is 19.5 Å². The summed E-state index contributed by atoms with van der Waals surface area (Å²) in [7, 11) is 3.48. The molecule has 0 amide bonds. The van der Waals surface area contributed by atoms with Crippen molar-refractivity contribution in [3.63, 3.8) is 0 Å². The Labute approximate surface area is 256 Å². The first-order valence-corrected chi connectivity index (χ1v) is 14.4. The Balaban J connectivity index is 1.64. The van der Waals surface area contributed by atoms with E-state index >= 15 is 0 Å². The number of rotatable bonds is 12. The van der Waals surface area contributed by atoms with E-state index in [1.54, 1.807) is 27.9 Å². The number of benzene rings is 3. The van der Waals surface area contributed by atoms with Gasteiger partial charge in [-0.15, -0.1) is 0 Å². The van der Waals surface area contributed by atoms with Crippen molar-refractivity contribution in [2.24, 2.45) is 0 Å². The highest BCUT2D eigenvalue weighted by Crippen LogP contribution is 2.32. The third-order valence-corrected chi connectivity index (χ3v) is 7.36. The van der Waals surface area contributed by atoms with Gasteiger partial charge in [0.2, 0.25) is 0 Å². The molecule has 44 heavy (non-hydrogen) atoms. The van der Waals surface area contributed by atoms with Gasteiger partial charge in [-0.1, -0.05) is 36.4 Å². The first kappa shape index (κ1) is 32.6. The molecule has 0 saturated carbocycles. The number of nitrogens with one attached hydrogen (secondary N) is 1. The summed E-state index contributed by atoms with van der Waals surface area (Å²) >= 11 is 0. The summed E-state index contributed by atoms with van der Waals surface area (Å²) in [4.78, 5) is 12.3. The fraction of sp³-hybridized carbons (Fsp3) is 0.353. The molecule has 1 N–H and O–H groups in total. The van der Waals surface area contributed by atoms with Gasteiger partial charge in [-0.3, -0.25) is 4.68 Å². The van der Waals surface area contributed by atoms with E-state index in [0.717, 1.165) is 40.3 Å². The van der Waals surface area contributed by atoms with Crippen LogP contribution in [0.5, 0.6) is 11.5 Å². The van der Waals surface area contributed by atoms with Crippen molar-refractivity contribution >= 4 is 5.97 Å². The van der Waals surface area contributed by atoms with Crippen LogP contribution in [0.15, 0.2) is 72.8 Å². The highest BCUT2D eigenvalue weighted by atomic mass is 19.4. The number of halogens is 3. The summed E-state index contributed by atoms with van der Waals surface area (Å²) in [6.07, 6.45) is -3.86. The molecule has 1 heterocycles. The maximum atomic E-state index is 13.2. The van der Waals surface area contributed by atoms with Crippen LogP contribution in [0.4, 0.5) is 13.2 Å². The molecule has 0 spiro atoms. The van der Waals surface area contributed by atoms with Crippen molar-refractivity contribution in [1.82, 2.24) is 15.1 Å². The van der Waals surface area contributed by atoms with Gasteiger partial charge in [-0.05, 0) is 87.8 Å². The number of carbonyl (C=O) groups is 1. The van der Waals surface area contributed by atoms with Gasteiger partial charge in [0.15, 0.2) is 5.60 Å². The maximum Gasteiger partial charge on any atom is 0.416 e. The number of alkyl halides is 3. The van der Waals surface area contributed by atoms with Crippen molar-refractivity contribution < 1.29 is 32.2 Å². The van der Waals surface area contributed by atoms with Crippen molar-refractivity contribution in [2.45, 2.75) is 58.5 Å². The summed E-state index contributed by atoms with van der Waals surface area (Å²) in [5, 5.41) is 8.19. The molecule has 234 valence electrons. The molecule has 3 aromatic carbocycles. The summed E-state index contributed by atoms with van der Waals surface area (Å²) in [6, 6.07) is 20.3. The summed E-state index contributed by atoms with van der Waals surface area (Å²) in [6.45, 7) is 7.75. The number of aryl methyl sites for hydroxylation is 1. The minimum atomic E-state index is -4.41. The number of aromatic nitrogens is 2. The van der Waals surface area contributed by atoms with Crippen LogP contribution in [-0.4, -0.2) is 42.1 Å². The zero-order valence-corrected chi connectivity index (χ0v) is 25.8. The topological polar surface area (TPSA) is 74.6 Å². The molecular formula is C34H38F3N3O4. The normalized spacial score (nSPS) is 12.6. The number of hydrogen-bond acceptors (Lipinski definition) is 6. The van der Waals surface area contributed by atoms with Gasteiger partial charge >= 0.3 is 12.1 Å². The number of hydrogen-bond donors (Lipinski definition) is 1. The molecule has 0 radical (unpaired) electrons. The van der Waals surface area contributed by atoms with Gasteiger partial charge in [0.05, 0.1) is 31.5 Å². The fourth-order valence-electron chi connectivity index (χ4n) is 4.85. The predicted octanol–water partition coefficient (Wildman–Crippen LogP) is 7.16. The SMILES string of the molecule is CCOC(=O)C(C)(C)Oc1ccc(C(Cc2cc(-c3ccc(C(F)(F)F)cc3)nn2Cc2ccc(OC)cc2)NC)cc1C. The van der Waals surface area contributed by atoms with Crippen molar-refractivity contribution in [1.29, 1.82) is 0 Å². The summed E-state index contributed by atoms with van der Waals surface area (Å²) < 4.78 is 57.8. The number of ether oxygens (including phenoxy) is 3. The molecule has 0 aliphatic rings. The predicted molar refractivity (Wildman–Crippen MR) is 163 cm³/mol. The largest absolute Gasteiger partial charge is 0.497 e. The Morgan fingerprint density at radius 3 is 2.25 bits per heavy atom. The molecule has 1 atom stereocenters. The Morgan fingerprint density at radius 1 is 1.00 bits per heavy atom. The van der Waals surface area contributed by atoms with Crippen LogP contribution in [0.25, 0.3) is 11.3 Å². The second-order valence-electron chi connectivity index (χ2n) is 11.0. The Hall–Kier alpha value is -4.31. The average Bonchev–Trinajstić information content (AvgIpc) is 3.39. The second kappa shape index (κ2) is 13.5. The van der Waals surface area contributed by atoms with Gasteiger partial charge in [-0.2, -0.15) is 18.3 Å². The molecule has 7 nitrogen and oxygen atoms in total. The molecule has 1 unspecified atom stereocenters. The van der Waals surface area contributed by atoms with Crippen LogP contribution < -0.4 is 14.8 Å². The quantitative estimate of drug-likeness (QED) is 0.172. The number of carbonyl (C=O) groups excluding carboxylic acids is 1. The first-order valence-electron chi connectivity index (χ1n) is 14.4. The molecule has 10 heteroatoms. The number of likely N-dealkylation sites (N-methyl/N-ethyl adjacent to an activating group) is 1. The van der Waals surface area contributed by atoms with E-state index in [4.69, 9.17) is 19.3 Å². The minimum absolute atomic E-state index is 0.118. The van der Waals surface area contributed by atoms with Crippen LogP contribution in [0, 0.1) is 6.92 Å². The summed E-state index contributed by atoms with van der Waals surface area (Å²) in [5.41, 5.74) is 3.08. The van der Waals surface area contributed by atoms with E-state index < -0.39 is 23.3 Å². The van der Waals surface area contributed by atoms with Crippen molar-refractivity contribution in [3.8, 4) is 22.8 Å². The van der Waals surface area contributed by atoms with Crippen LogP contribution >= 0.6 is 0 Å². The molecule has 0 aliphatic heterocycles. The molecule has 4 rings (SSSR count). The lowest BCUT2D eigenvalue weighted by molar-refractivity contribution is -0.158. The van der Waals surface area contributed by atoms with E-state index in [0.29, 0.717) is 30.0 Å². The van der Waals surface area contributed by atoms with Crippen LogP contribution in [0.1, 0.15) is 54.8 Å². The zero-order chi connectivity index (χ0) is 32.1.